The maximum absolute atomic E-state index is 13.1. The number of hydrogen-bond acceptors (Lipinski definition) is 3. The van der Waals surface area contributed by atoms with E-state index in [0.717, 1.165) is 0 Å². The summed E-state index contributed by atoms with van der Waals surface area (Å²) in [5.41, 5.74) is 1.06. The Kier molecular flexibility index (Phi) is 4.78. The van der Waals surface area contributed by atoms with Crippen molar-refractivity contribution in [3.63, 3.8) is 0 Å². The highest BCUT2D eigenvalue weighted by atomic mass is 19.1. The van der Waals surface area contributed by atoms with Crippen molar-refractivity contribution in [3.05, 3.63) is 71.3 Å². The first-order chi connectivity index (χ1) is 10.2. The zero-order valence-corrected chi connectivity index (χ0v) is 11.1. The fourth-order valence-corrected chi connectivity index (χ4v) is 1.68. The molecule has 21 heavy (non-hydrogen) atoms. The summed E-state index contributed by atoms with van der Waals surface area (Å²) in [6, 6.07) is 12.8. The molecule has 104 valence electrons. The molecule has 4 nitrogen and oxygen atoms in total. The van der Waals surface area contributed by atoms with Crippen LogP contribution in [0.25, 0.3) is 6.08 Å². The molecule has 0 fully saturated rings. The monoisotopic (exact) mass is 281 g/mol. The number of carbonyl (C=O) groups excluding carboxylic acids is 1. The Balaban J connectivity index is 2.07. The minimum Gasteiger partial charge on any atom is -0.346 e. The Bertz CT molecular complexity index is 705. The van der Waals surface area contributed by atoms with Crippen LogP contribution in [0.5, 0.6) is 0 Å². The van der Waals surface area contributed by atoms with Crippen molar-refractivity contribution in [2.24, 2.45) is 0 Å². The number of rotatable bonds is 4. The van der Waals surface area contributed by atoms with Gasteiger partial charge < -0.3 is 5.32 Å². The molecule has 0 aliphatic carbocycles. The molecular formula is C16H12FN3O. The molecule has 1 aromatic carbocycles. The van der Waals surface area contributed by atoms with Gasteiger partial charge in [-0.15, -0.1) is 0 Å². The van der Waals surface area contributed by atoms with Gasteiger partial charge in [-0.05, 0) is 35.9 Å². The molecule has 0 atom stereocenters. The Hall–Kier alpha value is -3.00. The molecule has 0 saturated carbocycles. The number of nitrogens with zero attached hydrogens (tertiary/aromatic N) is 2. The fraction of sp³-hybridized carbons (Fsp3) is 0.0625. The average Bonchev–Trinajstić information content (AvgIpc) is 2.51. The Morgan fingerprint density at radius 3 is 2.86 bits per heavy atom. The SMILES string of the molecule is N#C/C(=C/c1cccc(F)c1)C(=O)NCc1ccccn1. The van der Waals surface area contributed by atoms with Crippen LogP contribution < -0.4 is 5.32 Å². The van der Waals surface area contributed by atoms with Gasteiger partial charge in [-0.2, -0.15) is 5.26 Å². The lowest BCUT2D eigenvalue weighted by Gasteiger charge is -2.03. The number of amides is 1. The highest BCUT2D eigenvalue weighted by Crippen LogP contribution is 2.09. The predicted octanol–water partition coefficient (Wildman–Crippen LogP) is 2.44. The van der Waals surface area contributed by atoms with Crippen molar-refractivity contribution < 1.29 is 9.18 Å². The maximum atomic E-state index is 13.1. The van der Waals surface area contributed by atoms with Crippen molar-refractivity contribution >= 4 is 12.0 Å². The van der Waals surface area contributed by atoms with E-state index in [-0.39, 0.29) is 12.1 Å². The van der Waals surface area contributed by atoms with E-state index in [4.69, 9.17) is 5.26 Å². The van der Waals surface area contributed by atoms with Gasteiger partial charge in [0.15, 0.2) is 0 Å². The first-order valence-corrected chi connectivity index (χ1v) is 6.24. The van der Waals surface area contributed by atoms with Crippen molar-refractivity contribution in [3.8, 4) is 6.07 Å². The third kappa shape index (κ3) is 4.25. The topological polar surface area (TPSA) is 65.8 Å². The number of halogens is 1. The number of carbonyl (C=O) groups is 1. The summed E-state index contributed by atoms with van der Waals surface area (Å²) in [4.78, 5) is 16.0. The van der Waals surface area contributed by atoms with E-state index in [9.17, 15) is 9.18 Å². The van der Waals surface area contributed by atoms with E-state index in [0.29, 0.717) is 11.3 Å². The second kappa shape index (κ2) is 6.96. The van der Waals surface area contributed by atoms with Crippen molar-refractivity contribution in [2.45, 2.75) is 6.54 Å². The van der Waals surface area contributed by atoms with Crippen molar-refractivity contribution in [2.75, 3.05) is 0 Å². The molecule has 2 rings (SSSR count). The molecule has 1 heterocycles. The number of nitrogens with one attached hydrogen (secondary N) is 1. The molecule has 0 bridgehead atoms. The molecule has 0 spiro atoms. The second-order valence-corrected chi connectivity index (χ2v) is 4.23. The predicted molar refractivity (Wildman–Crippen MR) is 76.1 cm³/mol. The van der Waals surface area contributed by atoms with Gasteiger partial charge in [-0.3, -0.25) is 9.78 Å². The second-order valence-electron chi connectivity index (χ2n) is 4.23. The van der Waals surface area contributed by atoms with E-state index < -0.39 is 11.7 Å². The van der Waals surface area contributed by atoms with Gasteiger partial charge in [0.2, 0.25) is 0 Å². The minimum atomic E-state index is -0.521. The number of hydrogen-bond donors (Lipinski definition) is 1. The van der Waals surface area contributed by atoms with Gasteiger partial charge in [0.1, 0.15) is 17.5 Å². The zero-order chi connectivity index (χ0) is 15.1. The third-order valence-electron chi connectivity index (χ3n) is 2.68. The highest BCUT2D eigenvalue weighted by molar-refractivity contribution is 6.01. The van der Waals surface area contributed by atoms with Crippen LogP contribution in [0.4, 0.5) is 4.39 Å². The molecule has 2 aromatic rings. The Morgan fingerprint density at radius 1 is 1.33 bits per heavy atom. The van der Waals surface area contributed by atoms with Gasteiger partial charge >= 0.3 is 0 Å². The smallest absolute Gasteiger partial charge is 0.262 e. The average molecular weight is 281 g/mol. The molecular weight excluding hydrogens is 269 g/mol. The van der Waals surface area contributed by atoms with Gasteiger partial charge in [-0.25, -0.2) is 4.39 Å². The zero-order valence-electron chi connectivity index (χ0n) is 11.1. The van der Waals surface area contributed by atoms with Crippen LogP contribution in [0.2, 0.25) is 0 Å². The summed E-state index contributed by atoms with van der Waals surface area (Å²) < 4.78 is 13.1. The van der Waals surface area contributed by atoms with E-state index in [1.807, 2.05) is 12.1 Å². The van der Waals surface area contributed by atoms with Crippen LogP contribution in [0.1, 0.15) is 11.3 Å². The molecule has 1 amide bonds. The summed E-state index contributed by atoms with van der Waals surface area (Å²) >= 11 is 0. The summed E-state index contributed by atoms with van der Waals surface area (Å²) in [7, 11) is 0. The van der Waals surface area contributed by atoms with Crippen LogP contribution in [-0.2, 0) is 11.3 Å². The molecule has 0 radical (unpaired) electrons. The normalized spacial score (nSPS) is 10.8. The van der Waals surface area contributed by atoms with E-state index in [2.05, 4.69) is 10.3 Å². The number of pyridine rings is 1. The quantitative estimate of drug-likeness (QED) is 0.691. The molecule has 1 aromatic heterocycles. The van der Waals surface area contributed by atoms with Crippen LogP contribution in [0.3, 0.4) is 0 Å². The van der Waals surface area contributed by atoms with Crippen LogP contribution in [0, 0.1) is 17.1 Å². The van der Waals surface area contributed by atoms with E-state index >= 15 is 0 Å². The third-order valence-corrected chi connectivity index (χ3v) is 2.68. The van der Waals surface area contributed by atoms with Crippen LogP contribution in [-0.4, -0.2) is 10.9 Å². The molecule has 0 aliphatic heterocycles. The molecule has 0 unspecified atom stereocenters. The van der Waals surface area contributed by atoms with E-state index in [1.54, 1.807) is 24.4 Å². The number of benzene rings is 1. The first kappa shape index (κ1) is 14.4. The molecule has 5 heteroatoms. The van der Waals surface area contributed by atoms with E-state index in [1.165, 1.54) is 24.3 Å². The van der Waals surface area contributed by atoms with Crippen LogP contribution >= 0.6 is 0 Å². The van der Waals surface area contributed by atoms with Crippen LogP contribution in [0.15, 0.2) is 54.2 Å². The lowest BCUT2D eigenvalue weighted by Crippen LogP contribution is -2.24. The summed E-state index contributed by atoms with van der Waals surface area (Å²) in [5.74, 6) is -0.942. The summed E-state index contributed by atoms with van der Waals surface area (Å²) in [6.07, 6.45) is 2.96. The fourth-order valence-electron chi connectivity index (χ4n) is 1.68. The van der Waals surface area contributed by atoms with Gasteiger partial charge in [0, 0.05) is 6.20 Å². The standard InChI is InChI=1S/C16H12FN3O/c17-14-5-3-4-12(9-14)8-13(10-18)16(21)20-11-15-6-1-2-7-19-15/h1-9H,11H2,(H,20,21)/b13-8-. The van der Waals surface area contributed by atoms with Gasteiger partial charge in [-0.1, -0.05) is 18.2 Å². The Labute approximate surface area is 121 Å². The largest absolute Gasteiger partial charge is 0.346 e. The Morgan fingerprint density at radius 2 is 2.19 bits per heavy atom. The molecule has 0 aliphatic rings. The van der Waals surface area contributed by atoms with Gasteiger partial charge in [0.25, 0.3) is 5.91 Å². The minimum absolute atomic E-state index is 0.0865. The number of nitriles is 1. The van der Waals surface area contributed by atoms with Crippen molar-refractivity contribution in [1.82, 2.24) is 10.3 Å². The first-order valence-electron chi connectivity index (χ1n) is 6.24. The summed E-state index contributed by atoms with van der Waals surface area (Å²) in [6.45, 7) is 0.224. The highest BCUT2D eigenvalue weighted by Gasteiger charge is 2.09. The lowest BCUT2D eigenvalue weighted by atomic mass is 10.1. The van der Waals surface area contributed by atoms with Gasteiger partial charge in [0.05, 0.1) is 12.2 Å². The molecule has 1 N–H and O–H groups in total. The lowest BCUT2D eigenvalue weighted by molar-refractivity contribution is -0.117. The number of aromatic nitrogens is 1. The maximum Gasteiger partial charge on any atom is 0.262 e. The molecule has 0 saturated heterocycles. The summed E-state index contributed by atoms with van der Waals surface area (Å²) in [5, 5.41) is 11.6. The van der Waals surface area contributed by atoms with Crippen molar-refractivity contribution in [1.29, 1.82) is 5.26 Å².